The predicted molar refractivity (Wildman–Crippen MR) is 103 cm³/mol. The van der Waals surface area contributed by atoms with Gasteiger partial charge in [-0.2, -0.15) is 0 Å². The lowest BCUT2D eigenvalue weighted by atomic mass is 10.2. The first-order valence-corrected chi connectivity index (χ1v) is 9.80. The molecule has 4 heterocycles. The van der Waals surface area contributed by atoms with Gasteiger partial charge in [-0.15, -0.1) is 0 Å². The maximum Gasteiger partial charge on any atom is 0.289 e. The molecule has 29 heavy (non-hydrogen) atoms. The molecule has 0 bridgehead atoms. The molecule has 0 radical (unpaired) electrons. The summed E-state index contributed by atoms with van der Waals surface area (Å²) in [6.45, 7) is 6.03. The monoisotopic (exact) mass is 403 g/mol. The summed E-state index contributed by atoms with van der Waals surface area (Å²) in [4.78, 5) is 30.5. The summed E-state index contributed by atoms with van der Waals surface area (Å²) in [7, 11) is 0. The second-order valence-electron chi connectivity index (χ2n) is 7.28. The molecule has 2 aliphatic heterocycles. The molecule has 4 rings (SSSR count). The zero-order valence-corrected chi connectivity index (χ0v) is 16.2. The van der Waals surface area contributed by atoms with E-state index in [0.29, 0.717) is 64.0 Å². The number of nitrogens with zero attached hydrogens (tertiary/aromatic N) is 3. The maximum absolute atomic E-state index is 12.4. The second kappa shape index (κ2) is 8.81. The molecule has 0 spiro atoms. The van der Waals surface area contributed by atoms with Crippen molar-refractivity contribution in [2.45, 2.75) is 13.1 Å². The van der Waals surface area contributed by atoms with Crippen LogP contribution >= 0.6 is 0 Å². The van der Waals surface area contributed by atoms with Gasteiger partial charge in [-0.25, -0.2) is 0 Å². The highest BCUT2D eigenvalue weighted by Gasteiger charge is 2.25. The average molecular weight is 403 g/mol. The molecule has 2 aliphatic rings. The fourth-order valence-corrected chi connectivity index (χ4v) is 3.62. The number of amides is 1. The first-order chi connectivity index (χ1) is 14.1. The Morgan fingerprint density at radius 1 is 1.03 bits per heavy atom. The topological polar surface area (TPSA) is 99.6 Å². The fourth-order valence-electron chi connectivity index (χ4n) is 3.62. The zero-order valence-electron chi connectivity index (χ0n) is 16.2. The van der Waals surface area contributed by atoms with Crippen LogP contribution in [-0.4, -0.2) is 78.2 Å². The van der Waals surface area contributed by atoms with E-state index < -0.39 is 5.43 Å². The normalized spacial score (nSPS) is 18.8. The number of ether oxygens (including phenoxy) is 1. The van der Waals surface area contributed by atoms with Crippen molar-refractivity contribution in [2.75, 3.05) is 52.5 Å². The Morgan fingerprint density at radius 2 is 1.76 bits per heavy atom. The van der Waals surface area contributed by atoms with E-state index >= 15 is 0 Å². The Labute approximate surface area is 168 Å². The summed E-state index contributed by atoms with van der Waals surface area (Å²) in [6.07, 6.45) is 1.48. The van der Waals surface area contributed by atoms with Gasteiger partial charge in [0.2, 0.25) is 11.2 Å². The van der Waals surface area contributed by atoms with Crippen LogP contribution in [0, 0.1) is 0 Å². The van der Waals surface area contributed by atoms with Crippen molar-refractivity contribution in [1.29, 1.82) is 0 Å². The molecular weight excluding hydrogens is 378 g/mol. The van der Waals surface area contributed by atoms with Crippen molar-refractivity contribution >= 4 is 5.91 Å². The van der Waals surface area contributed by atoms with Crippen LogP contribution in [0.15, 0.2) is 38.1 Å². The van der Waals surface area contributed by atoms with Gasteiger partial charge in [-0.05, 0) is 12.1 Å². The van der Waals surface area contributed by atoms with E-state index in [4.69, 9.17) is 13.6 Å². The highest BCUT2D eigenvalue weighted by molar-refractivity contribution is 5.91. The van der Waals surface area contributed by atoms with Crippen molar-refractivity contribution in [3.05, 3.63) is 52.0 Å². The minimum absolute atomic E-state index is 0.128. The summed E-state index contributed by atoms with van der Waals surface area (Å²) >= 11 is 0. The Hall–Kier alpha value is -2.62. The third-order valence-corrected chi connectivity index (χ3v) is 5.29. The summed E-state index contributed by atoms with van der Waals surface area (Å²) in [5, 5.41) is 10.2. The van der Waals surface area contributed by atoms with Gasteiger partial charge in [-0.3, -0.25) is 19.4 Å². The van der Waals surface area contributed by atoms with E-state index in [9.17, 15) is 14.7 Å². The first-order valence-electron chi connectivity index (χ1n) is 9.80. The van der Waals surface area contributed by atoms with Crippen LogP contribution in [0.1, 0.15) is 22.1 Å². The van der Waals surface area contributed by atoms with Crippen molar-refractivity contribution < 1.29 is 23.5 Å². The van der Waals surface area contributed by atoms with E-state index in [1.54, 1.807) is 17.0 Å². The standard InChI is InChI=1S/C20H25N3O6/c24-16-12-15(13-22-7-10-27-11-8-22)29-18(19(16)25)14-21-3-5-23(6-4-21)20(26)17-2-1-9-28-17/h1-2,9,12,25H,3-8,10-11,13-14H2. The van der Waals surface area contributed by atoms with Gasteiger partial charge in [0.05, 0.1) is 32.6 Å². The Bertz CT molecular complexity index is 880. The average Bonchev–Trinajstić information content (AvgIpc) is 3.27. The molecular formula is C20H25N3O6. The van der Waals surface area contributed by atoms with Gasteiger partial charge in [0, 0.05) is 45.3 Å². The van der Waals surface area contributed by atoms with Crippen LogP contribution in [0.4, 0.5) is 0 Å². The highest BCUT2D eigenvalue weighted by atomic mass is 16.5. The third kappa shape index (κ3) is 4.69. The molecule has 0 aliphatic carbocycles. The molecule has 9 nitrogen and oxygen atoms in total. The number of furan rings is 1. The number of hydrogen-bond acceptors (Lipinski definition) is 8. The third-order valence-electron chi connectivity index (χ3n) is 5.29. The van der Waals surface area contributed by atoms with E-state index in [-0.39, 0.29) is 17.4 Å². The molecule has 2 fully saturated rings. The molecule has 2 saturated heterocycles. The van der Waals surface area contributed by atoms with Crippen LogP contribution in [0.2, 0.25) is 0 Å². The van der Waals surface area contributed by atoms with Gasteiger partial charge in [-0.1, -0.05) is 0 Å². The Kier molecular flexibility index (Phi) is 5.98. The van der Waals surface area contributed by atoms with Gasteiger partial charge in [0.1, 0.15) is 5.76 Å². The quantitative estimate of drug-likeness (QED) is 0.780. The van der Waals surface area contributed by atoms with E-state index in [2.05, 4.69) is 9.80 Å². The van der Waals surface area contributed by atoms with Crippen LogP contribution in [0.3, 0.4) is 0 Å². The fraction of sp³-hybridized carbons (Fsp3) is 0.500. The minimum atomic E-state index is -0.429. The van der Waals surface area contributed by atoms with Crippen LogP contribution in [0.25, 0.3) is 0 Å². The maximum atomic E-state index is 12.4. The molecule has 0 saturated carbocycles. The predicted octanol–water partition coefficient (Wildman–Crippen LogP) is 0.729. The summed E-state index contributed by atoms with van der Waals surface area (Å²) < 4.78 is 16.4. The molecule has 0 atom stereocenters. The number of hydrogen-bond donors (Lipinski definition) is 1. The molecule has 2 aromatic heterocycles. The number of rotatable bonds is 5. The van der Waals surface area contributed by atoms with Crippen LogP contribution in [-0.2, 0) is 17.8 Å². The Morgan fingerprint density at radius 3 is 2.45 bits per heavy atom. The molecule has 2 aromatic rings. The molecule has 0 unspecified atom stereocenters. The molecule has 1 N–H and O–H groups in total. The van der Waals surface area contributed by atoms with Crippen LogP contribution in [0.5, 0.6) is 5.75 Å². The number of morpholine rings is 1. The van der Waals surface area contributed by atoms with Gasteiger partial charge in [0.15, 0.2) is 11.5 Å². The lowest BCUT2D eigenvalue weighted by molar-refractivity contribution is 0.0305. The van der Waals surface area contributed by atoms with Gasteiger partial charge >= 0.3 is 0 Å². The first kappa shape index (κ1) is 19.7. The summed E-state index contributed by atoms with van der Waals surface area (Å²) in [5.74, 6) is 0.669. The highest BCUT2D eigenvalue weighted by Crippen LogP contribution is 2.19. The minimum Gasteiger partial charge on any atom is -0.502 e. The SMILES string of the molecule is O=C(c1ccco1)N1CCN(Cc2oc(CN3CCOCC3)cc(=O)c2O)CC1. The molecule has 9 heteroatoms. The van der Waals surface area contributed by atoms with Crippen molar-refractivity contribution in [3.63, 3.8) is 0 Å². The molecule has 156 valence electrons. The van der Waals surface area contributed by atoms with Crippen molar-refractivity contribution in [3.8, 4) is 5.75 Å². The van der Waals surface area contributed by atoms with Crippen LogP contribution < -0.4 is 5.43 Å². The summed E-state index contributed by atoms with van der Waals surface area (Å²) in [6, 6.07) is 4.70. The molecule has 1 amide bonds. The largest absolute Gasteiger partial charge is 0.502 e. The van der Waals surface area contributed by atoms with E-state index in [1.807, 2.05) is 0 Å². The zero-order chi connectivity index (χ0) is 20.2. The molecule has 0 aromatic carbocycles. The number of aromatic hydroxyl groups is 1. The summed E-state index contributed by atoms with van der Waals surface area (Å²) in [5.41, 5.74) is -0.429. The number of carbonyl (C=O) groups is 1. The smallest absolute Gasteiger partial charge is 0.289 e. The lowest BCUT2D eigenvalue weighted by Crippen LogP contribution is -2.48. The Balaban J connectivity index is 1.37. The number of carbonyl (C=O) groups excluding carboxylic acids is 1. The lowest BCUT2D eigenvalue weighted by Gasteiger charge is -2.34. The van der Waals surface area contributed by atoms with Crippen molar-refractivity contribution in [1.82, 2.24) is 14.7 Å². The number of piperazine rings is 1. The van der Waals surface area contributed by atoms with Gasteiger partial charge < -0.3 is 23.6 Å². The van der Waals surface area contributed by atoms with Crippen molar-refractivity contribution in [2.24, 2.45) is 0 Å². The van der Waals surface area contributed by atoms with E-state index in [1.165, 1.54) is 12.3 Å². The van der Waals surface area contributed by atoms with Gasteiger partial charge in [0.25, 0.3) is 5.91 Å². The van der Waals surface area contributed by atoms with E-state index in [0.717, 1.165) is 13.1 Å². The second-order valence-corrected chi connectivity index (χ2v) is 7.28.